The minimum atomic E-state index is -0.317. The molecule has 1 heterocycles. The highest BCUT2D eigenvalue weighted by Crippen LogP contribution is 2.24. The quantitative estimate of drug-likeness (QED) is 0.897. The fourth-order valence-electron chi connectivity index (χ4n) is 1.91. The van der Waals surface area contributed by atoms with Crippen molar-refractivity contribution in [3.8, 4) is 5.88 Å². The van der Waals surface area contributed by atoms with Crippen molar-refractivity contribution >= 4 is 0 Å². The summed E-state index contributed by atoms with van der Waals surface area (Å²) in [5.41, 5.74) is 1.24. The summed E-state index contributed by atoms with van der Waals surface area (Å²) in [6, 6.07) is 8.06. The third-order valence-corrected chi connectivity index (χ3v) is 2.79. The van der Waals surface area contributed by atoms with Gasteiger partial charge in [0, 0.05) is 11.6 Å². The van der Waals surface area contributed by atoms with E-state index in [1.165, 1.54) is 19.5 Å². The number of hydrogen-bond acceptors (Lipinski definition) is 4. The summed E-state index contributed by atoms with van der Waals surface area (Å²) in [5, 5.41) is 3.22. The number of benzene rings is 1. The Balaban J connectivity index is 2.42. The van der Waals surface area contributed by atoms with E-state index in [-0.39, 0.29) is 11.9 Å². The van der Waals surface area contributed by atoms with Gasteiger partial charge < -0.3 is 10.1 Å². The van der Waals surface area contributed by atoms with Gasteiger partial charge in [-0.25, -0.2) is 14.4 Å². The molecule has 2 rings (SSSR count). The summed E-state index contributed by atoms with van der Waals surface area (Å²) in [6.45, 7) is 2.66. The molecule has 2 aromatic rings. The fraction of sp³-hybridized carbons (Fsp3) is 0.286. The van der Waals surface area contributed by atoms with Gasteiger partial charge in [-0.15, -0.1) is 0 Å². The Labute approximate surface area is 111 Å². The number of ether oxygens (including phenoxy) is 1. The number of rotatable bonds is 5. The Bertz CT molecular complexity index is 548. The normalized spacial score (nSPS) is 12.2. The fourth-order valence-corrected chi connectivity index (χ4v) is 1.91. The Morgan fingerprint density at radius 1 is 1.32 bits per heavy atom. The second-order valence-electron chi connectivity index (χ2n) is 4.00. The zero-order valence-corrected chi connectivity index (χ0v) is 10.9. The summed E-state index contributed by atoms with van der Waals surface area (Å²) in [7, 11) is 1.54. The lowest BCUT2D eigenvalue weighted by atomic mass is 10.0. The predicted molar refractivity (Wildman–Crippen MR) is 70.5 cm³/mol. The summed E-state index contributed by atoms with van der Waals surface area (Å²) in [6.07, 6.45) is 1.42. The van der Waals surface area contributed by atoms with Crippen molar-refractivity contribution in [3.05, 3.63) is 53.7 Å². The molecule has 1 N–H and O–H groups in total. The van der Waals surface area contributed by atoms with E-state index in [9.17, 15) is 4.39 Å². The minimum absolute atomic E-state index is 0.258. The minimum Gasteiger partial charge on any atom is -0.481 e. The van der Waals surface area contributed by atoms with E-state index in [0.29, 0.717) is 23.7 Å². The van der Waals surface area contributed by atoms with Gasteiger partial charge in [-0.05, 0) is 12.6 Å². The van der Waals surface area contributed by atoms with E-state index in [1.807, 2.05) is 6.92 Å². The first-order chi connectivity index (χ1) is 9.26. The first-order valence-corrected chi connectivity index (χ1v) is 6.10. The molecule has 1 atom stereocenters. The van der Waals surface area contributed by atoms with Crippen LogP contribution in [0.1, 0.15) is 24.2 Å². The number of methoxy groups -OCH3 is 1. The van der Waals surface area contributed by atoms with E-state index in [2.05, 4.69) is 15.3 Å². The smallest absolute Gasteiger partial charge is 0.216 e. The largest absolute Gasteiger partial charge is 0.481 e. The van der Waals surface area contributed by atoms with Gasteiger partial charge in [0.15, 0.2) is 0 Å². The molecule has 0 fully saturated rings. The molecular formula is C14H16FN3O. The summed E-state index contributed by atoms with van der Waals surface area (Å²) < 4.78 is 19.0. The number of aromatic nitrogens is 2. The molecule has 1 aromatic heterocycles. The molecule has 0 radical (unpaired) electrons. The number of nitrogens with one attached hydrogen (secondary N) is 1. The molecule has 1 unspecified atom stereocenters. The monoisotopic (exact) mass is 261 g/mol. The average molecular weight is 261 g/mol. The maximum Gasteiger partial charge on any atom is 0.216 e. The second-order valence-corrected chi connectivity index (χ2v) is 4.00. The second kappa shape index (κ2) is 6.24. The third kappa shape index (κ3) is 3.06. The molecule has 100 valence electrons. The molecule has 0 aliphatic heterocycles. The zero-order valence-electron chi connectivity index (χ0n) is 10.9. The molecule has 0 aliphatic carbocycles. The van der Waals surface area contributed by atoms with Crippen LogP contribution in [0, 0.1) is 5.82 Å². The van der Waals surface area contributed by atoms with Crippen molar-refractivity contribution in [3.63, 3.8) is 0 Å². The molecule has 1 aromatic carbocycles. The van der Waals surface area contributed by atoms with Crippen molar-refractivity contribution < 1.29 is 9.13 Å². The maximum absolute atomic E-state index is 13.9. The van der Waals surface area contributed by atoms with Crippen LogP contribution in [0.5, 0.6) is 5.88 Å². The van der Waals surface area contributed by atoms with Crippen molar-refractivity contribution in [2.75, 3.05) is 13.7 Å². The molecule has 19 heavy (non-hydrogen) atoms. The van der Waals surface area contributed by atoms with Crippen LogP contribution in [-0.4, -0.2) is 23.6 Å². The van der Waals surface area contributed by atoms with Crippen LogP contribution in [0.2, 0.25) is 0 Å². The molecule has 0 bridgehead atoms. The average Bonchev–Trinajstić information content (AvgIpc) is 2.46. The summed E-state index contributed by atoms with van der Waals surface area (Å²) >= 11 is 0. The maximum atomic E-state index is 13.9. The standard InChI is InChI=1S/C14H16FN3O/c1-3-16-14(10-6-4-5-7-11(10)15)12-8-13(19-2)18-9-17-12/h4-9,14,16H,3H2,1-2H3. The molecule has 0 amide bonds. The van der Waals surface area contributed by atoms with Gasteiger partial charge >= 0.3 is 0 Å². The van der Waals surface area contributed by atoms with Crippen LogP contribution in [0.3, 0.4) is 0 Å². The zero-order chi connectivity index (χ0) is 13.7. The van der Waals surface area contributed by atoms with Crippen LogP contribution in [0.4, 0.5) is 4.39 Å². The van der Waals surface area contributed by atoms with E-state index < -0.39 is 0 Å². The van der Waals surface area contributed by atoms with Crippen molar-refractivity contribution in [1.82, 2.24) is 15.3 Å². The van der Waals surface area contributed by atoms with Crippen LogP contribution in [0.25, 0.3) is 0 Å². The topological polar surface area (TPSA) is 47.0 Å². The highest BCUT2D eigenvalue weighted by atomic mass is 19.1. The first kappa shape index (κ1) is 13.4. The molecule has 0 aliphatic rings. The van der Waals surface area contributed by atoms with E-state index in [1.54, 1.807) is 24.3 Å². The van der Waals surface area contributed by atoms with Crippen LogP contribution < -0.4 is 10.1 Å². The van der Waals surface area contributed by atoms with Crippen molar-refractivity contribution in [2.24, 2.45) is 0 Å². The van der Waals surface area contributed by atoms with Gasteiger partial charge in [-0.3, -0.25) is 0 Å². The van der Waals surface area contributed by atoms with Gasteiger partial charge in [0.1, 0.15) is 12.1 Å². The summed E-state index contributed by atoms with van der Waals surface area (Å²) in [5.74, 6) is 0.204. The van der Waals surface area contributed by atoms with Gasteiger partial charge in [0.25, 0.3) is 0 Å². The Kier molecular flexibility index (Phi) is 4.41. The first-order valence-electron chi connectivity index (χ1n) is 6.10. The molecular weight excluding hydrogens is 245 g/mol. The lowest BCUT2D eigenvalue weighted by Gasteiger charge is -2.18. The highest BCUT2D eigenvalue weighted by Gasteiger charge is 2.18. The van der Waals surface area contributed by atoms with Crippen LogP contribution >= 0.6 is 0 Å². The van der Waals surface area contributed by atoms with Crippen LogP contribution in [0.15, 0.2) is 36.7 Å². The Hall–Kier alpha value is -2.01. The molecule has 0 saturated carbocycles. The molecule has 0 saturated heterocycles. The molecule has 0 spiro atoms. The Morgan fingerprint density at radius 3 is 2.79 bits per heavy atom. The van der Waals surface area contributed by atoms with Gasteiger partial charge in [0.2, 0.25) is 5.88 Å². The van der Waals surface area contributed by atoms with E-state index >= 15 is 0 Å². The van der Waals surface area contributed by atoms with Crippen molar-refractivity contribution in [1.29, 1.82) is 0 Å². The molecule has 4 nitrogen and oxygen atoms in total. The lowest BCUT2D eigenvalue weighted by Crippen LogP contribution is -2.24. The summed E-state index contributed by atoms with van der Waals surface area (Å²) in [4.78, 5) is 8.17. The number of nitrogens with zero attached hydrogens (tertiary/aromatic N) is 2. The predicted octanol–water partition coefficient (Wildman–Crippen LogP) is 2.32. The lowest BCUT2D eigenvalue weighted by molar-refractivity contribution is 0.394. The Morgan fingerprint density at radius 2 is 2.11 bits per heavy atom. The van der Waals surface area contributed by atoms with E-state index in [0.717, 1.165) is 0 Å². The molecule has 5 heteroatoms. The third-order valence-electron chi connectivity index (χ3n) is 2.79. The van der Waals surface area contributed by atoms with Gasteiger partial charge in [-0.2, -0.15) is 0 Å². The SMILES string of the molecule is CCNC(c1cc(OC)ncn1)c1ccccc1F. The van der Waals surface area contributed by atoms with Crippen molar-refractivity contribution in [2.45, 2.75) is 13.0 Å². The highest BCUT2D eigenvalue weighted by molar-refractivity contribution is 5.30. The number of halogens is 1. The van der Waals surface area contributed by atoms with E-state index in [4.69, 9.17) is 4.74 Å². The van der Waals surface area contributed by atoms with Crippen LogP contribution in [-0.2, 0) is 0 Å². The van der Waals surface area contributed by atoms with Gasteiger partial charge in [-0.1, -0.05) is 25.1 Å². The van der Waals surface area contributed by atoms with Gasteiger partial charge in [0.05, 0.1) is 18.8 Å². The number of hydrogen-bond donors (Lipinski definition) is 1.